The van der Waals surface area contributed by atoms with Gasteiger partial charge in [0.15, 0.2) is 5.69 Å². The van der Waals surface area contributed by atoms with Crippen LogP contribution in [0.15, 0.2) is 30.3 Å². The van der Waals surface area contributed by atoms with Crippen molar-refractivity contribution in [2.75, 3.05) is 0 Å². The van der Waals surface area contributed by atoms with Gasteiger partial charge < -0.3 is 10.2 Å². The molecule has 0 aliphatic carbocycles. The molecule has 0 saturated heterocycles. The molecule has 1 aromatic carbocycles. The van der Waals surface area contributed by atoms with Crippen molar-refractivity contribution >= 4 is 11.9 Å². The normalized spacial score (nSPS) is 10.2. The lowest BCUT2D eigenvalue weighted by atomic mass is 10.2. The van der Waals surface area contributed by atoms with E-state index in [-0.39, 0.29) is 11.4 Å². The molecule has 0 bridgehead atoms. The number of benzene rings is 1. The number of carbonyl (C=O) groups is 2. The number of para-hydroxylation sites is 1. The lowest BCUT2D eigenvalue weighted by molar-refractivity contribution is -0.136. The molecule has 0 amide bonds. The van der Waals surface area contributed by atoms with Crippen LogP contribution in [0, 0.1) is 0 Å². The van der Waals surface area contributed by atoms with Crippen LogP contribution in [-0.4, -0.2) is 37.1 Å². The number of carboxylic acids is 2. The van der Waals surface area contributed by atoms with Crippen LogP contribution in [0.1, 0.15) is 16.2 Å². The number of aromatic nitrogens is 3. The van der Waals surface area contributed by atoms with E-state index in [1.54, 1.807) is 30.3 Å². The van der Waals surface area contributed by atoms with Crippen LogP contribution in [0.3, 0.4) is 0 Å². The van der Waals surface area contributed by atoms with E-state index in [2.05, 4.69) is 10.3 Å². The van der Waals surface area contributed by atoms with E-state index in [1.165, 1.54) is 4.68 Å². The van der Waals surface area contributed by atoms with Crippen LogP contribution >= 0.6 is 0 Å². The smallest absolute Gasteiger partial charge is 0.358 e. The molecule has 1 aromatic heterocycles. The zero-order valence-electron chi connectivity index (χ0n) is 9.15. The maximum Gasteiger partial charge on any atom is 0.358 e. The first-order valence-electron chi connectivity index (χ1n) is 5.04. The summed E-state index contributed by atoms with van der Waals surface area (Å²) in [7, 11) is 0. The SMILES string of the molecule is O=C(O)Cc1c(C(=O)O)nnn1-c1ccccc1. The molecule has 2 aromatic rings. The Bertz CT molecular complexity index is 592. The minimum absolute atomic E-state index is 0.0428. The Kier molecular flexibility index (Phi) is 3.05. The number of rotatable bonds is 4. The highest BCUT2D eigenvalue weighted by molar-refractivity contribution is 5.88. The van der Waals surface area contributed by atoms with E-state index in [9.17, 15) is 9.59 Å². The molecule has 7 nitrogen and oxygen atoms in total. The Morgan fingerprint density at radius 3 is 2.39 bits per heavy atom. The molecule has 2 rings (SSSR count). The molecule has 0 aliphatic rings. The standard InChI is InChI=1S/C11H9N3O4/c15-9(16)6-8-10(11(17)18)12-13-14(8)7-4-2-1-3-5-7/h1-5H,6H2,(H,15,16)(H,17,18). The van der Waals surface area contributed by atoms with Gasteiger partial charge in [0.1, 0.15) is 0 Å². The molecule has 0 unspecified atom stereocenters. The van der Waals surface area contributed by atoms with Crippen LogP contribution in [0.2, 0.25) is 0 Å². The Hall–Kier alpha value is -2.70. The summed E-state index contributed by atoms with van der Waals surface area (Å²) < 4.78 is 1.22. The van der Waals surface area contributed by atoms with Gasteiger partial charge in [-0.2, -0.15) is 0 Å². The fourth-order valence-electron chi connectivity index (χ4n) is 1.55. The topological polar surface area (TPSA) is 105 Å². The molecule has 0 fully saturated rings. The van der Waals surface area contributed by atoms with Gasteiger partial charge in [-0.15, -0.1) is 5.10 Å². The van der Waals surface area contributed by atoms with Crippen LogP contribution < -0.4 is 0 Å². The van der Waals surface area contributed by atoms with Gasteiger partial charge in [-0.1, -0.05) is 23.4 Å². The highest BCUT2D eigenvalue weighted by Gasteiger charge is 2.21. The fraction of sp³-hybridized carbons (Fsp3) is 0.0909. The van der Waals surface area contributed by atoms with Crippen LogP contribution in [-0.2, 0) is 11.2 Å². The molecule has 2 N–H and O–H groups in total. The molecule has 18 heavy (non-hydrogen) atoms. The molecule has 0 saturated carbocycles. The van der Waals surface area contributed by atoms with Gasteiger partial charge in [-0.3, -0.25) is 4.79 Å². The molecule has 0 atom stereocenters. The molecule has 0 aliphatic heterocycles. The van der Waals surface area contributed by atoms with E-state index >= 15 is 0 Å². The zero-order chi connectivity index (χ0) is 13.1. The second-order valence-electron chi connectivity index (χ2n) is 3.51. The van der Waals surface area contributed by atoms with Crippen molar-refractivity contribution in [2.24, 2.45) is 0 Å². The Morgan fingerprint density at radius 2 is 1.83 bits per heavy atom. The summed E-state index contributed by atoms with van der Waals surface area (Å²) in [6.45, 7) is 0. The van der Waals surface area contributed by atoms with Crippen LogP contribution in [0.25, 0.3) is 5.69 Å². The van der Waals surface area contributed by atoms with E-state index in [1.807, 2.05) is 0 Å². The first kappa shape index (κ1) is 11.8. The maximum atomic E-state index is 10.9. The first-order chi connectivity index (χ1) is 8.59. The van der Waals surface area contributed by atoms with Gasteiger partial charge in [0, 0.05) is 0 Å². The molecular weight excluding hydrogens is 238 g/mol. The van der Waals surface area contributed by atoms with Crippen molar-refractivity contribution in [3.05, 3.63) is 41.7 Å². The quantitative estimate of drug-likeness (QED) is 0.819. The number of hydrogen-bond donors (Lipinski definition) is 2. The molecule has 1 heterocycles. The largest absolute Gasteiger partial charge is 0.481 e. The van der Waals surface area contributed by atoms with Gasteiger partial charge >= 0.3 is 11.9 Å². The van der Waals surface area contributed by atoms with Crippen molar-refractivity contribution in [1.82, 2.24) is 15.0 Å². The predicted octanol–water partition coefficient (Wildman–Crippen LogP) is 0.593. The average Bonchev–Trinajstić information content (AvgIpc) is 2.73. The van der Waals surface area contributed by atoms with E-state index in [0.29, 0.717) is 5.69 Å². The highest BCUT2D eigenvalue weighted by Crippen LogP contribution is 2.13. The number of hydrogen-bond acceptors (Lipinski definition) is 4. The second kappa shape index (κ2) is 4.66. The van der Waals surface area contributed by atoms with Crippen molar-refractivity contribution in [3.63, 3.8) is 0 Å². The third-order valence-electron chi connectivity index (χ3n) is 2.29. The summed E-state index contributed by atoms with van der Waals surface area (Å²) in [4.78, 5) is 21.7. The molecule has 92 valence electrons. The number of carboxylic acid groups (broad SMARTS) is 2. The fourth-order valence-corrected chi connectivity index (χ4v) is 1.55. The van der Waals surface area contributed by atoms with Gasteiger partial charge in [0.2, 0.25) is 0 Å². The van der Waals surface area contributed by atoms with E-state index in [0.717, 1.165) is 0 Å². The van der Waals surface area contributed by atoms with Crippen LogP contribution in [0.5, 0.6) is 0 Å². The monoisotopic (exact) mass is 247 g/mol. The average molecular weight is 247 g/mol. The summed E-state index contributed by atoms with van der Waals surface area (Å²) in [5.41, 5.74) is 0.260. The lowest BCUT2D eigenvalue weighted by Crippen LogP contribution is -2.11. The lowest BCUT2D eigenvalue weighted by Gasteiger charge is -2.04. The van der Waals surface area contributed by atoms with Crippen molar-refractivity contribution in [2.45, 2.75) is 6.42 Å². The van der Waals surface area contributed by atoms with Gasteiger partial charge in [0.25, 0.3) is 0 Å². The van der Waals surface area contributed by atoms with Crippen molar-refractivity contribution < 1.29 is 19.8 Å². The third kappa shape index (κ3) is 2.19. The number of aliphatic carboxylic acids is 1. The Balaban J connectivity index is 2.54. The summed E-state index contributed by atoms with van der Waals surface area (Å²) >= 11 is 0. The Labute approximate surface area is 101 Å². The summed E-state index contributed by atoms with van der Waals surface area (Å²) in [5.74, 6) is -2.44. The van der Waals surface area contributed by atoms with Crippen molar-refractivity contribution in [3.8, 4) is 5.69 Å². The van der Waals surface area contributed by atoms with Gasteiger partial charge in [-0.05, 0) is 12.1 Å². The number of nitrogens with zero attached hydrogens (tertiary/aromatic N) is 3. The third-order valence-corrected chi connectivity index (χ3v) is 2.29. The van der Waals surface area contributed by atoms with Gasteiger partial charge in [-0.25, -0.2) is 9.48 Å². The second-order valence-corrected chi connectivity index (χ2v) is 3.51. The minimum Gasteiger partial charge on any atom is -0.481 e. The van der Waals surface area contributed by atoms with Gasteiger partial charge in [0.05, 0.1) is 17.8 Å². The molecule has 7 heteroatoms. The van der Waals surface area contributed by atoms with E-state index in [4.69, 9.17) is 10.2 Å². The zero-order valence-corrected chi connectivity index (χ0v) is 9.15. The van der Waals surface area contributed by atoms with Crippen LogP contribution in [0.4, 0.5) is 0 Å². The summed E-state index contributed by atoms with van der Waals surface area (Å²) in [5, 5.41) is 24.9. The Morgan fingerprint density at radius 1 is 1.17 bits per heavy atom. The molecule has 0 radical (unpaired) electrons. The molecular formula is C11H9N3O4. The summed E-state index contributed by atoms with van der Waals surface area (Å²) in [6.07, 6.45) is -0.455. The highest BCUT2D eigenvalue weighted by atomic mass is 16.4. The number of aromatic carboxylic acids is 1. The molecule has 0 spiro atoms. The summed E-state index contributed by atoms with van der Waals surface area (Å²) in [6, 6.07) is 8.64. The first-order valence-corrected chi connectivity index (χ1v) is 5.04. The predicted molar refractivity (Wildman–Crippen MR) is 59.7 cm³/mol. The van der Waals surface area contributed by atoms with Crippen molar-refractivity contribution in [1.29, 1.82) is 0 Å². The maximum absolute atomic E-state index is 10.9. The van der Waals surface area contributed by atoms with E-state index < -0.39 is 18.4 Å². The minimum atomic E-state index is -1.30.